The Kier molecular flexibility index (Phi) is 4.54. The molecule has 2 aliphatic heterocycles. The molecule has 4 rings (SSSR count). The van der Waals surface area contributed by atoms with E-state index in [4.69, 9.17) is 9.68 Å². The van der Waals surface area contributed by atoms with E-state index in [1.54, 1.807) is 22.8 Å². The quantitative estimate of drug-likeness (QED) is 0.491. The first-order chi connectivity index (χ1) is 13.2. The lowest BCUT2D eigenvalue weighted by Crippen LogP contribution is -2.44. The average Bonchev–Trinajstić information content (AvgIpc) is 3.20. The van der Waals surface area contributed by atoms with Crippen LogP contribution in [0.4, 0.5) is 4.79 Å². The van der Waals surface area contributed by atoms with Crippen LogP contribution in [0.25, 0.3) is 0 Å². The normalized spacial score (nSPS) is 21.6. The third-order valence-electron chi connectivity index (χ3n) is 4.95. The van der Waals surface area contributed by atoms with Gasteiger partial charge in [-0.25, -0.2) is 4.79 Å². The summed E-state index contributed by atoms with van der Waals surface area (Å²) < 4.78 is 1.77. The Morgan fingerprint density at radius 3 is 2.85 bits per heavy atom. The van der Waals surface area contributed by atoms with Gasteiger partial charge in [0.1, 0.15) is 24.5 Å². The second kappa shape index (κ2) is 7.01. The molecule has 1 saturated heterocycles. The van der Waals surface area contributed by atoms with Gasteiger partial charge in [-0.1, -0.05) is 30.3 Å². The van der Waals surface area contributed by atoms with Crippen molar-refractivity contribution in [2.24, 2.45) is 12.0 Å². The topological polar surface area (TPSA) is 84.2 Å². The van der Waals surface area contributed by atoms with E-state index in [-0.39, 0.29) is 12.1 Å². The number of amidine groups is 1. The summed E-state index contributed by atoms with van der Waals surface area (Å²) in [6, 6.07) is 8.96. The summed E-state index contributed by atoms with van der Waals surface area (Å²) in [4.78, 5) is 30.1. The monoisotopic (exact) mass is 370 g/mol. The van der Waals surface area contributed by atoms with E-state index in [0.29, 0.717) is 19.0 Å². The molecule has 0 spiro atoms. The second-order valence-electron chi connectivity index (χ2n) is 6.46. The first-order valence-corrected chi connectivity index (χ1v) is 8.69. The lowest BCUT2D eigenvalue weighted by Gasteiger charge is -2.31. The van der Waals surface area contributed by atoms with Gasteiger partial charge in [0.15, 0.2) is 0 Å². The van der Waals surface area contributed by atoms with Crippen molar-refractivity contribution in [3.8, 4) is 0 Å². The Hall–Kier alpha value is -2.91. The molecule has 9 heteroatoms. The molecule has 0 saturated carbocycles. The fourth-order valence-corrected chi connectivity index (χ4v) is 3.71. The highest BCUT2D eigenvalue weighted by Crippen LogP contribution is 2.44. The summed E-state index contributed by atoms with van der Waals surface area (Å²) in [6.45, 7) is 0.823. The highest BCUT2D eigenvalue weighted by atomic mass is 16.7. The lowest BCUT2D eigenvalue weighted by atomic mass is 9.97. The van der Waals surface area contributed by atoms with Crippen LogP contribution in [0, 0.1) is 0 Å². The lowest BCUT2D eigenvalue weighted by molar-refractivity contribution is -0.141. The van der Waals surface area contributed by atoms with Gasteiger partial charge in [0.25, 0.3) is 0 Å². The fourth-order valence-electron chi connectivity index (χ4n) is 3.71. The summed E-state index contributed by atoms with van der Waals surface area (Å²) in [5.41, 5.74) is 5.65. The molecule has 1 unspecified atom stereocenters. The molecule has 1 fully saturated rings. The molecule has 2 bridgehead atoms. The summed E-state index contributed by atoms with van der Waals surface area (Å²) in [5.74, 6) is 0.541. The minimum Gasteiger partial charge on any atom is -0.304 e. The first kappa shape index (κ1) is 17.5. The third kappa shape index (κ3) is 2.84. The van der Waals surface area contributed by atoms with E-state index in [1.807, 2.05) is 37.4 Å². The number of hydrogen-bond donors (Lipinski definition) is 1. The molecule has 3 heterocycles. The zero-order valence-corrected chi connectivity index (χ0v) is 15.5. The van der Waals surface area contributed by atoms with E-state index in [9.17, 15) is 4.79 Å². The number of rotatable bonds is 5. The number of urea groups is 1. The molecule has 1 N–H and O–H groups in total. The smallest absolute Gasteiger partial charge is 0.304 e. The van der Waals surface area contributed by atoms with Gasteiger partial charge >= 0.3 is 6.03 Å². The number of benzene rings is 1. The number of carbonyl (C=O) groups excluding carboxylic acids is 1. The maximum atomic E-state index is 13.1. The molecule has 1 aromatic heterocycles. The van der Waals surface area contributed by atoms with E-state index < -0.39 is 6.04 Å². The van der Waals surface area contributed by atoms with Gasteiger partial charge in [-0.2, -0.15) is 10.2 Å². The summed E-state index contributed by atoms with van der Waals surface area (Å²) in [6.07, 6.45) is 1.79. The molecule has 142 valence electrons. The van der Waals surface area contributed by atoms with Crippen molar-refractivity contribution in [2.45, 2.75) is 18.7 Å². The van der Waals surface area contributed by atoms with E-state index in [2.05, 4.69) is 15.6 Å². The predicted octanol–water partition coefficient (Wildman–Crippen LogP) is 1.56. The van der Waals surface area contributed by atoms with Crippen LogP contribution in [-0.2, 0) is 23.3 Å². The Morgan fingerprint density at radius 1 is 1.37 bits per heavy atom. The highest BCUT2D eigenvalue weighted by molar-refractivity contribution is 5.93. The van der Waals surface area contributed by atoms with E-state index >= 15 is 0 Å². The second-order valence-corrected chi connectivity index (χ2v) is 6.46. The third-order valence-corrected chi connectivity index (χ3v) is 4.95. The van der Waals surface area contributed by atoms with Gasteiger partial charge in [-0.3, -0.25) is 24.8 Å². The summed E-state index contributed by atoms with van der Waals surface area (Å²) in [7, 11) is 5.03. The minimum absolute atomic E-state index is 0.198. The summed E-state index contributed by atoms with van der Waals surface area (Å²) in [5, 5.41) is 5.85. The molecule has 2 amide bonds. The largest absolute Gasteiger partial charge is 0.345 e. The molecule has 2 atom stereocenters. The standard InChI is InChI=1S/C18H22N6O3/c1-19-17(21-26-3)16-15-13(9-20-22(15)2)14-10-23(16)18(25)24(14)27-11-12-7-5-4-6-8-12/h4-9,14,16H,10-11H2,1-3H3,(H,19,21)/t14?,16-/m0/s1. The molecule has 2 aliphatic rings. The number of carbonyl (C=O) groups is 1. The molecule has 0 aliphatic carbocycles. The van der Waals surface area contributed by atoms with Crippen molar-refractivity contribution in [3.05, 3.63) is 53.3 Å². The molecular weight excluding hydrogens is 348 g/mol. The highest BCUT2D eigenvalue weighted by Gasteiger charge is 2.52. The first-order valence-electron chi connectivity index (χ1n) is 8.69. The Balaban J connectivity index is 1.66. The van der Waals surface area contributed by atoms with Crippen molar-refractivity contribution in [1.29, 1.82) is 0 Å². The van der Waals surface area contributed by atoms with Crippen LogP contribution in [0.5, 0.6) is 0 Å². The van der Waals surface area contributed by atoms with Crippen molar-refractivity contribution in [2.75, 3.05) is 20.7 Å². The average molecular weight is 370 g/mol. The van der Waals surface area contributed by atoms with Crippen LogP contribution in [0.1, 0.15) is 28.9 Å². The van der Waals surface area contributed by atoms with Crippen LogP contribution in [-0.4, -0.2) is 52.3 Å². The number of aryl methyl sites for hydroxylation is 1. The Labute approximate surface area is 157 Å². The van der Waals surface area contributed by atoms with Crippen LogP contribution in [0.3, 0.4) is 0 Å². The summed E-state index contributed by atoms with van der Waals surface area (Å²) >= 11 is 0. The van der Waals surface area contributed by atoms with Gasteiger partial charge in [0.05, 0.1) is 25.5 Å². The van der Waals surface area contributed by atoms with Gasteiger partial charge in [-0.05, 0) is 5.56 Å². The van der Waals surface area contributed by atoms with Gasteiger partial charge in [0.2, 0.25) is 0 Å². The molecule has 0 radical (unpaired) electrons. The fraction of sp³-hybridized carbons (Fsp3) is 0.389. The molecule has 2 aromatic rings. The maximum absolute atomic E-state index is 13.1. The molecule has 9 nitrogen and oxygen atoms in total. The SMILES string of the molecule is CN=C(NOC)[C@@H]1c2c(cnn2C)C2CN1C(=O)N2OCc1ccccc1. The zero-order chi connectivity index (χ0) is 19.0. The number of aliphatic imine (C=N–C) groups is 1. The number of amides is 2. The van der Waals surface area contributed by atoms with Crippen LogP contribution < -0.4 is 5.48 Å². The molecule has 1 aromatic carbocycles. The van der Waals surface area contributed by atoms with Crippen LogP contribution >= 0.6 is 0 Å². The number of fused-ring (bicyclic) bond motifs is 4. The Bertz CT molecular complexity index is 865. The van der Waals surface area contributed by atoms with Gasteiger partial charge in [0, 0.05) is 19.7 Å². The molecular formula is C18H22N6O3. The van der Waals surface area contributed by atoms with Crippen molar-refractivity contribution < 1.29 is 14.5 Å². The zero-order valence-electron chi connectivity index (χ0n) is 15.5. The van der Waals surface area contributed by atoms with Gasteiger partial charge < -0.3 is 4.90 Å². The number of hydroxylamine groups is 3. The van der Waals surface area contributed by atoms with Crippen molar-refractivity contribution in [3.63, 3.8) is 0 Å². The van der Waals surface area contributed by atoms with Crippen LogP contribution in [0.15, 0.2) is 41.5 Å². The van der Waals surface area contributed by atoms with E-state index in [1.165, 1.54) is 12.2 Å². The Morgan fingerprint density at radius 2 is 2.15 bits per heavy atom. The molecule has 27 heavy (non-hydrogen) atoms. The van der Waals surface area contributed by atoms with E-state index in [0.717, 1.165) is 16.8 Å². The maximum Gasteiger partial charge on any atom is 0.345 e. The predicted molar refractivity (Wildman–Crippen MR) is 97.4 cm³/mol. The number of aromatic nitrogens is 2. The minimum atomic E-state index is -0.411. The van der Waals surface area contributed by atoms with Gasteiger partial charge in [-0.15, -0.1) is 0 Å². The van der Waals surface area contributed by atoms with Crippen molar-refractivity contribution in [1.82, 2.24) is 25.2 Å². The number of hydrogen-bond acceptors (Lipinski definition) is 5. The van der Waals surface area contributed by atoms with Crippen LogP contribution in [0.2, 0.25) is 0 Å². The number of nitrogens with zero attached hydrogens (tertiary/aromatic N) is 5. The van der Waals surface area contributed by atoms with Crippen molar-refractivity contribution >= 4 is 11.9 Å². The number of nitrogens with one attached hydrogen (secondary N) is 1.